The lowest BCUT2D eigenvalue weighted by Crippen LogP contribution is -2.53. The van der Waals surface area contributed by atoms with E-state index in [4.69, 9.17) is 11.6 Å². The zero-order chi connectivity index (χ0) is 14.0. The molecule has 5 heteroatoms. The number of hydrogen-bond acceptors (Lipinski definition) is 3. The highest BCUT2D eigenvalue weighted by atomic mass is 35.5. The average Bonchev–Trinajstić information content (AvgIpc) is 3.03. The van der Waals surface area contributed by atoms with E-state index >= 15 is 0 Å². The van der Waals surface area contributed by atoms with Crippen LogP contribution in [0.25, 0.3) is 0 Å². The molecular weight excluding hydrogens is 262 g/mol. The van der Waals surface area contributed by atoms with Gasteiger partial charge >= 0.3 is 0 Å². The summed E-state index contributed by atoms with van der Waals surface area (Å²) in [5.41, 5.74) is 0.116. The van der Waals surface area contributed by atoms with Crippen molar-refractivity contribution in [3.8, 4) is 0 Å². The Morgan fingerprint density at radius 2 is 1.95 bits per heavy atom. The van der Waals surface area contributed by atoms with Crippen LogP contribution in [0.1, 0.15) is 50.0 Å². The fourth-order valence-electron chi connectivity index (χ4n) is 3.19. The van der Waals surface area contributed by atoms with Crippen LogP contribution in [0.15, 0.2) is 6.20 Å². The molecule has 1 aromatic rings. The standard InChI is InChI=1S/C14H22ClN3O/c1-4-14(5-2,18-8-6-7-9-18)13(19)12-11(15)10-16-17(12)3/h10H,4-9H2,1-3H3. The summed E-state index contributed by atoms with van der Waals surface area (Å²) in [4.78, 5) is 15.4. The number of carbonyl (C=O) groups is 1. The van der Waals surface area contributed by atoms with E-state index in [-0.39, 0.29) is 5.78 Å². The maximum absolute atomic E-state index is 13.0. The van der Waals surface area contributed by atoms with Crippen LogP contribution in [0.5, 0.6) is 0 Å². The fraction of sp³-hybridized carbons (Fsp3) is 0.714. The number of likely N-dealkylation sites (tertiary alicyclic amines) is 1. The van der Waals surface area contributed by atoms with Crippen LogP contribution < -0.4 is 0 Å². The molecule has 0 bridgehead atoms. The Hall–Kier alpha value is -0.870. The summed E-state index contributed by atoms with van der Waals surface area (Å²) < 4.78 is 1.60. The number of Topliss-reactive ketones (excluding diaryl/α,β-unsaturated/α-hetero) is 1. The second-order valence-electron chi connectivity index (χ2n) is 5.23. The van der Waals surface area contributed by atoms with Crippen LogP contribution >= 0.6 is 11.6 Å². The summed E-state index contributed by atoms with van der Waals surface area (Å²) >= 11 is 6.14. The highest BCUT2D eigenvalue weighted by Gasteiger charge is 2.43. The van der Waals surface area contributed by atoms with Crippen molar-refractivity contribution in [2.45, 2.75) is 45.1 Å². The fourth-order valence-corrected chi connectivity index (χ4v) is 3.45. The van der Waals surface area contributed by atoms with Crippen LogP contribution in [-0.4, -0.2) is 39.1 Å². The highest BCUT2D eigenvalue weighted by Crippen LogP contribution is 2.33. The van der Waals surface area contributed by atoms with Crippen LogP contribution in [0.3, 0.4) is 0 Å². The molecule has 1 aliphatic heterocycles. The Kier molecular flexibility index (Phi) is 4.31. The minimum absolute atomic E-state index is 0.115. The molecule has 0 atom stereocenters. The molecule has 2 rings (SSSR count). The van der Waals surface area contributed by atoms with E-state index in [9.17, 15) is 4.79 Å². The molecule has 0 amide bonds. The zero-order valence-electron chi connectivity index (χ0n) is 11.9. The molecule has 0 radical (unpaired) electrons. The summed E-state index contributed by atoms with van der Waals surface area (Å²) in [5, 5.41) is 4.55. The van der Waals surface area contributed by atoms with E-state index < -0.39 is 5.54 Å². The zero-order valence-corrected chi connectivity index (χ0v) is 12.7. The summed E-state index contributed by atoms with van der Waals surface area (Å²) in [7, 11) is 1.78. The molecule has 1 aliphatic rings. The Bertz CT molecular complexity index is 440. The summed E-state index contributed by atoms with van der Waals surface area (Å²) in [6.45, 7) is 6.18. The Morgan fingerprint density at radius 3 is 2.37 bits per heavy atom. The summed E-state index contributed by atoms with van der Waals surface area (Å²) in [6, 6.07) is 0. The number of aromatic nitrogens is 2. The molecule has 0 unspecified atom stereocenters. The Balaban J connectivity index is 2.41. The molecule has 0 aromatic carbocycles. The van der Waals surface area contributed by atoms with Gasteiger partial charge in [-0.3, -0.25) is 14.4 Å². The largest absolute Gasteiger partial charge is 0.291 e. The highest BCUT2D eigenvalue weighted by molar-refractivity contribution is 6.34. The number of nitrogens with zero attached hydrogens (tertiary/aromatic N) is 3. The Labute approximate surface area is 119 Å². The number of hydrogen-bond donors (Lipinski definition) is 0. The molecule has 1 fully saturated rings. The van der Waals surface area contributed by atoms with Crippen molar-refractivity contribution in [3.05, 3.63) is 16.9 Å². The first-order valence-corrected chi connectivity index (χ1v) is 7.42. The molecule has 1 aromatic heterocycles. The molecule has 19 heavy (non-hydrogen) atoms. The molecular formula is C14H22ClN3O. The van der Waals surface area contributed by atoms with E-state index in [1.54, 1.807) is 17.9 Å². The first-order chi connectivity index (χ1) is 9.06. The first kappa shape index (κ1) is 14.5. The third kappa shape index (κ3) is 2.32. The quantitative estimate of drug-likeness (QED) is 0.780. The first-order valence-electron chi connectivity index (χ1n) is 7.04. The number of halogens is 1. The monoisotopic (exact) mass is 283 g/mol. The maximum atomic E-state index is 13.0. The molecule has 106 valence electrons. The van der Waals surface area contributed by atoms with Gasteiger partial charge < -0.3 is 0 Å². The van der Waals surface area contributed by atoms with Crippen molar-refractivity contribution < 1.29 is 4.79 Å². The van der Waals surface area contributed by atoms with Crippen molar-refractivity contribution in [3.63, 3.8) is 0 Å². The summed E-state index contributed by atoms with van der Waals surface area (Å²) in [5.74, 6) is 0.115. The normalized spacial score (nSPS) is 17.1. The Morgan fingerprint density at radius 1 is 1.37 bits per heavy atom. The predicted octanol–water partition coefficient (Wildman–Crippen LogP) is 2.91. The molecule has 0 saturated carbocycles. The lowest BCUT2D eigenvalue weighted by atomic mass is 9.84. The molecule has 0 N–H and O–H groups in total. The topological polar surface area (TPSA) is 38.1 Å². The SMILES string of the molecule is CCC(CC)(C(=O)c1c(Cl)cnn1C)N1CCCC1. The van der Waals surface area contributed by atoms with Gasteiger partial charge in [0.25, 0.3) is 0 Å². The van der Waals surface area contributed by atoms with Gasteiger partial charge in [0.15, 0.2) is 0 Å². The van der Waals surface area contributed by atoms with Crippen molar-refractivity contribution in [1.29, 1.82) is 0 Å². The van der Waals surface area contributed by atoms with Gasteiger partial charge in [0.05, 0.1) is 16.8 Å². The van der Waals surface area contributed by atoms with Crippen molar-refractivity contribution >= 4 is 17.4 Å². The van der Waals surface area contributed by atoms with Crippen LogP contribution in [0, 0.1) is 0 Å². The maximum Gasteiger partial charge on any atom is 0.202 e. The van der Waals surface area contributed by atoms with E-state index in [2.05, 4.69) is 23.8 Å². The van der Waals surface area contributed by atoms with E-state index in [1.165, 1.54) is 12.8 Å². The van der Waals surface area contributed by atoms with Gasteiger partial charge in [-0.25, -0.2) is 0 Å². The van der Waals surface area contributed by atoms with Crippen LogP contribution in [-0.2, 0) is 7.05 Å². The molecule has 1 saturated heterocycles. The molecule has 2 heterocycles. The lowest BCUT2D eigenvalue weighted by molar-refractivity contribution is 0.0571. The van der Waals surface area contributed by atoms with Gasteiger partial charge in [0, 0.05) is 7.05 Å². The van der Waals surface area contributed by atoms with Crippen molar-refractivity contribution in [1.82, 2.24) is 14.7 Å². The van der Waals surface area contributed by atoms with Gasteiger partial charge in [-0.05, 0) is 38.8 Å². The average molecular weight is 284 g/mol. The molecule has 0 aliphatic carbocycles. The van der Waals surface area contributed by atoms with E-state index in [1.807, 2.05) is 0 Å². The van der Waals surface area contributed by atoms with Gasteiger partial charge in [0.1, 0.15) is 5.69 Å². The summed E-state index contributed by atoms with van der Waals surface area (Å²) in [6.07, 6.45) is 5.52. The smallest absolute Gasteiger partial charge is 0.202 e. The second-order valence-corrected chi connectivity index (χ2v) is 5.63. The second kappa shape index (κ2) is 5.63. The minimum Gasteiger partial charge on any atom is -0.291 e. The van der Waals surface area contributed by atoms with Crippen LogP contribution in [0.2, 0.25) is 5.02 Å². The van der Waals surface area contributed by atoms with Gasteiger partial charge in [0.2, 0.25) is 5.78 Å². The van der Waals surface area contributed by atoms with Crippen molar-refractivity contribution in [2.75, 3.05) is 13.1 Å². The lowest BCUT2D eigenvalue weighted by Gasteiger charge is -2.39. The van der Waals surface area contributed by atoms with Crippen LogP contribution in [0.4, 0.5) is 0 Å². The van der Waals surface area contributed by atoms with Gasteiger partial charge in [-0.15, -0.1) is 0 Å². The van der Waals surface area contributed by atoms with E-state index in [0.717, 1.165) is 25.9 Å². The van der Waals surface area contributed by atoms with Crippen molar-refractivity contribution in [2.24, 2.45) is 7.05 Å². The molecule has 0 spiro atoms. The predicted molar refractivity (Wildman–Crippen MR) is 76.7 cm³/mol. The van der Waals surface area contributed by atoms with E-state index in [0.29, 0.717) is 10.7 Å². The number of aryl methyl sites for hydroxylation is 1. The third-order valence-electron chi connectivity index (χ3n) is 4.41. The minimum atomic E-state index is -0.423. The molecule has 4 nitrogen and oxygen atoms in total. The van der Waals surface area contributed by atoms with Gasteiger partial charge in [-0.1, -0.05) is 25.4 Å². The number of carbonyl (C=O) groups excluding carboxylic acids is 1. The third-order valence-corrected chi connectivity index (χ3v) is 4.69. The number of ketones is 1. The van der Waals surface area contributed by atoms with Gasteiger partial charge in [-0.2, -0.15) is 5.10 Å². The number of rotatable bonds is 5.